The normalized spacial score (nSPS) is 10.4. The van der Waals surface area contributed by atoms with Crippen LogP contribution in [0.25, 0.3) is 0 Å². The molecule has 0 atom stereocenters. The Hall–Kier alpha value is -1.58. The summed E-state index contributed by atoms with van der Waals surface area (Å²) in [5.41, 5.74) is 0.655. The quantitative estimate of drug-likeness (QED) is 0.796. The molecule has 4 heteroatoms. The van der Waals surface area contributed by atoms with Crippen LogP contribution in [-0.2, 0) is 0 Å². The van der Waals surface area contributed by atoms with Gasteiger partial charge in [0.1, 0.15) is 5.82 Å². The minimum absolute atomic E-state index is 0.0275. The van der Waals surface area contributed by atoms with E-state index in [9.17, 15) is 4.79 Å². The van der Waals surface area contributed by atoms with E-state index in [0.29, 0.717) is 5.56 Å². The van der Waals surface area contributed by atoms with E-state index in [1.165, 1.54) is 0 Å². The number of aromatic nitrogens is 1. The highest BCUT2D eigenvalue weighted by molar-refractivity contribution is 5.94. The first kappa shape index (κ1) is 13.5. The first-order chi connectivity index (χ1) is 8.21. The SMILES string of the molecule is CCNc1cc(C(=O)NC(CC)CC)ccn1. The van der Waals surface area contributed by atoms with Gasteiger partial charge in [0.15, 0.2) is 0 Å². The smallest absolute Gasteiger partial charge is 0.251 e. The number of hydrogen-bond acceptors (Lipinski definition) is 3. The summed E-state index contributed by atoms with van der Waals surface area (Å²) in [7, 11) is 0. The summed E-state index contributed by atoms with van der Waals surface area (Å²) < 4.78 is 0. The van der Waals surface area contributed by atoms with Crippen molar-refractivity contribution in [3.63, 3.8) is 0 Å². The van der Waals surface area contributed by atoms with Crippen LogP contribution >= 0.6 is 0 Å². The molecule has 4 nitrogen and oxygen atoms in total. The van der Waals surface area contributed by atoms with E-state index in [2.05, 4.69) is 29.5 Å². The van der Waals surface area contributed by atoms with Gasteiger partial charge < -0.3 is 10.6 Å². The number of carbonyl (C=O) groups excluding carboxylic acids is 1. The van der Waals surface area contributed by atoms with E-state index in [0.717, 1.165) is 25.2 Å². The Kier molecular flexibility index (Phi) is 5.46. The number of nitrogens with one attached hydrogen (secondary N) is 2. The second kappa shape index (κ2) is 6.89. The molecule has 0 unspecified atom stereocenters. The maximum Gasteiger partial charge on any atom is 0.251 e. The summed E-state index contributed by atoms with van der Waals surface area (Å²) in [6.45, 7) is 6.94. The molecule has 1 amide bonds. The van der Waals surface area contributed by atoms with Crippen molar-refractivity contribution in [2.24, 2.45) is 0 Å². The molecule has 0 fully saturated rings. The van der Waals surface area contributed by atoms with Crippen LogP contribution in [0.5, 0.6) is 0 Å². The lowest BCUT2D eigenvalue weighted by molar-refractivity contribution is 0.0935. The Morgan fingerprint density at radius 2 is 2.06 bits per heavy atom. The zero-order valence-corrected chi connectivity index (χ0v) is 10.8. The van der Waals surface area contributed by atoms with Crippen molar-refractivity contribution in [1.29, 1.82) is 0 Å². The van der Waals surface area contributed by atoms with Crippen LogP contribution in [0.3, 0.4) is 0 Å². The standard InChI is InChI=1S/C13H21N3O/c1-4-11(5-2)16-13(17)10-7-8-15-12(9-10)14-6-3/h7-9,11H,4-6H2,1-3H3,(H,14,15)(H,16,17). The molecule has 0 aliphatic carbocycles. The number of nitrogens with zero attached hydrogens (tertiary/aromatic N) is 1. The average Bonchev–Trinajstić information content (AvgIpc) is 2.36. The van der Waals surface area contributed by atoms with Crippen molar-refractivity contribution in [1.82, 2.24) is 10.3 Å². The van der Waals surface area contributed by atoms with E-state index in [-0.39, 0.29) is 11.9 Å². The maximum atomic E-state index is 12.0. The van der Waals surface area contributed by atoms with E-state index < -0.39 is 0 Å². The summed E-state index contributed by atoms with van der Waals surface area (Å²) >= 11 is 0. The maximum absolute atomic E-state index is 12.0. The topological polar surface area (TPSA) is 54.0 Å². The minimum Gasteiger partial charge on any atom is -0.370 e. The van der Waals surface area contributed by atoms with E-state index in [4.69, 9.17) is 0 Å². The number of amides is 1. The molecule has 1 rings (SSSR count). The summed E-state index contributed by atoms with van der Waals surface area (Å²) in [4.78, 5) is 16.1. The predicted molar refractivity (Wildman–Crippen MR) is 70.2 cm³/mol. The molecular formula is C13H21N3O. The lowest BCUT2D eigenvalue weighted by atomic mass is 10.1. The Morgan fingerprint density at radius 1 is 1.35 bits per heavy atom. The third kappa shape index (κ3) is 4.06. The zero-order valence-electron chi connectivity index (χ0n) is 10.8. The fourth-order valence-electron chi connectivity index (χ4n) is 1.61. The van der Waals surface area contributed by atoms with Gasteiger partial charge in [0.05, 0.1) is 0 Å². The summed E-state index contributed by atoms with van der Waals surface area (Å²) in [6.07, 6.45) is 3.56. The molecule has 0 aromatic carbocycles. The van der Waals surface area contributed by atoms with Gasteiger partial charge in [-0.15, -0.1) is 0 Å². The second-order valence-electron chi connectivity index (χ2n) is 3.95. The molecule has 1 heterocycles. The molecule has 0 bridgehead atoms. The Morgan fingerprint density at radius 3 is 2.65 bits per heavy atom. The fraction of sp³-hybridized carbons (Fsp3) is 0.538. The van der Waals surface area contributed by atoms with Crippen LogP contribution < -0.4 is 10.6 Å². The highest BCUT2D eigenvalue weighted by atomic mass is 16.1. The Labute approximate surface area is 103 Å². The van der Waals surface area contributed by atoms with Gasteiger partial charge in [-0.25, -0.2) is 4.98 Å². The largest absolute Gasteiger partial charge is 0.370 e. The Bertz CT molecular complexity index is 361. The van der Waals surface area contributed by atoms with Crippen LogP contribution in [-0.4, -0.2) is 23.5 Å². The summed E-state index contributed by atoms with van der Waals surface area (Å²) in [5.74, 6) is 0.713. The Balaban J connectivity index is 2.71. The van der Waals surface area contributed by atoms with Gasteiger partial charge in [-0.3, -0.25) is 4.79 Å². The first-order valence-corrected chi connectivity index (χ1v) is 6.22. The van der Waals surface area contributed by atoms with Gasteiger partial charge in [0.25, 0.3) is 5.91 Å². The van der Waals surface area contributed by atoms with Crippen LogP contribution in [0.2, 0.25) is 0 Å². The lowest BCUT2D eigenvalue weighted by Gasteiger charge is -2.14. The molecule has 0 radical (unpaired) electrons. The molecule has 0 spiro atoms. The highest BCUT2D eigenvalue weighted by Crippen LogP contribution is 2.07. The molecule has 1 aromatic heterocycles. The van der Waals surface area contributed by atoms with Crippen molar-refractivity contribution >= 4 is 11.7 Å². The zero-order chi connectivity index (χ0) is 12.7. The number of rotatable bonds is 6. The van der Waals surface area contributed by atoms with Gasteiger partial charge in [0.2, 0.25) is 0 Å². The van der Waals surface area contributed by atoms with E-state index >= 15 is 0 Å². The summed E-state index contributed by atoms with van der Waals surface area (Å²) in [6, 6.07) is 3.76. The van der Waals surface area contributed by atoms with E-state index in [1.54, 1.807) is 18.3 Å². The van der Waals surface area contributed by atoms with Gasteiger partial charge in [0, 0.05) is 24.3 Å². The highest BCUT2D eigenvalue weighted by Gasteiger charge is 2.10. The van der Waals surface area contributed by atoms with Gasteiger partial charge in [-0.1, -0.05) is 13.8 Å². The first-order valence-electron chi connectivity index (χ1n) is 6.22. The molecule has 0 saturated carbocycles. The molecule has 1 aromatic rings. The molecule has 94 valence electrons. The van der Waals surface area contributed by atoms with Crippen LogP contribution in [0.4, 0.5) is 5.82 Å². The van der Waals surface area contributed by atoms with Gasteiger partial charge in [-0.05, 0) is 31.9 Å². The third-order valence-electron chi connectivity index (χ3n) is 2.70. The van der Waals surface area contributed by atoms with Crippen LogP contribution in [0.15, 0.2) is 18.3 Å². The number of carbonyl (C=O) groups is 1. The number of hydrogen-bond donors (Lipinski definition) is 2. The van der Waals surface area contributed by atoms with Crippen molar-refractivity contribution in [2.45, 2.75) is 39.7 Å². The third-order valence-corrected chi connectivity index (χ3v) is 2.70. The van der Waals surface area contributed by atoms with Gasteiger partial charge in [-0.2, -0.15) is 0 Å². The molecule has 2 N–H and O–H groups in total. The average molecular weight is 235 g/mol. The number of pyridine rings is 1. The van der Waals surface area contributed by atoms with Crippen molar-refractivity contribution in [3.8, 4) is 0 Å². The second-order valence-corrected chi connectivity index (χ2v) is 3.95. The number of anilines is 1. The molecule has 0 aliphatic heterocycles. The van der Waals surface area contributed by atoms with Crippen LogP contribution in [0.1, 0.15) is 44.0 Å². The van der Waals surface area contributed by atoms with Crippen molar-refractivity contribution < 1.29 is 4.79 Å². The molecule has 17 heavy (non-hydrogen) atoms. The molecule has 0 saturated heterocycles. The summed E-state index contributed by atoms with van der Waals surface area (Å²) in [5, 5.41) is 6.10. The van der Waals surface area contributed by atoms with Crippen LogP contribution in [0, 0.1) is 0 Å². The fourth-order valence-corrected chi connectivity index (χ4v) is 1.61. The molecular weight excluding hydrogens is 214 g/mol. The van der Waals surface area contributed by atoms with Crippen molar-refractivity contribution in [3.05, 3.63) is 23.9 Å². The van der Waals surface area contributed by atoms with E-state index in [1.807, 2.05) is 6.92 Å². The monoisotopic (exact) mass is 235 g/mol. The predicted octanol–water partition coefficient (Wildman–Crippen LogP) is 2.43. The van der Waals surface area contributed by atoms with Crippen molar-refractivity contribution in [2.75, 3.05) is 11.9 Å². The van der Waals surface area contributed by atoms with Gasteiger partial charge >= 0.3 is 0 Å². The minimum atomic E-state index is -0.0275. The lowest BCUT2D eigenvalue weighted by Crippen LogP contribution is -2.33. The molecule has 0 aliphatic rings.